The van der Waals surface area contributed by atoms with Crippen molar-refractivity contribution in [1.29, 1.82) is 0 Å². The van der Waals surface area contributed by atoms with Crippen LogP contribution in [0.25, 0.3) is 0 Å². The summed E-state index contributed by atoms with van der Waals surface area (Å²) in [5.74, 6) is -0.212. The van der Waals surface area contributed by atoms with E-state index < -0.39 is 0 Å². The first-order chi connectivity index (χ1) is 10.7. The first kappa shape index (κ1) is 14.5. The molecule has 0 radical (unpaired) electrons. The fourth-order valence-electron chi connectivity index (χ4n) is 2.50. The van der Waals surface area contributed by atoms with Crippen molar-refractivity contribution >= 4 is 17.4 Å². The number of hydrogen-bond acceptors (Lipinski definition) is 3. The van der Waals surface area contributed by atoms with E-state index in [4.69, 9.17) is 4.74 Å². The summed E-state index contributed by atoms with van der Waals surface area (Å²) in [6, 6.07) is 16.1. The Morgan fingerprint density at radius 1 is 1.00 bits per heavy atom. The maximum Gasteiger partial charge on any atom is 0.253 e. The van der Waals surface area contributed by atoms with E-state index in [1.165, 1.54) is 0 Å². The number of ether oxygens (including phenoxy) is 1. The van der Waals surface area contributed by atoms with Crippen LogP contribution >= 0.6 is 0 Å². The third kappa shape index (κ3) is 3.23. The molecular formula is C18H17NO3. The van der Waals surface area contributed by atoms with E-state index in [1.54, 1.807) is 36.4 Å². The van der Waals surface area contributed by atoms with Gasteiger partial charge in [-0.1, -0.05) is 42.5 Å². The van der Waals surface area contributed by atoms with Gasteiger partial charge in [-0.15, -0.1) is 0 Å². The van der Waals surface area contributed by atoms with Gasteiger partial charge >= 0.3 is 0 Å². The highest BCUT2D eigenvalue weighted by molar-refractivity contribution is 6.09. The molecule has 0 saturated carbocycles. The number of benzene rings is 2. The molecule has 2 aromatic carbocycles. The van der Waals surface area contributed by atoms with Gasteiger partial charge in [0.15, 0.2) is 5.78 Å². The minimum Gasteiger partial charge on any atom is -0.368 e. The molecule has 0 aliphatic carbocycles. The van der Waals surface area contributed by atoms with Crippen molar-refractivity contribution in [3.63, 3.8) is 0 Å². The fourth-order valence-corrected chi connectivity index (χ4v) is 2.50. The summed E-state index contributed by atoms with van der Waals surface area (Å²) in [6.07, 6.45) is 1.27. The van der Waals surface area contributed by atoms with Gasteiger partial charge in [-0.2, -0.15) is 0 Å². The second-order valence-corrected chi connectivity index (χ2v) is 5.27. The van der Waals surface area contributed by atoms with E-state index in [-0.39, 0.29) is 17.8 Å². The van der Waals surface area contributed by atoms with Crippen molar-refractivity contribution in [2.24, 2.45) is 0 Å². The standard InChI is InChI=1S/C18H17NO3/c20-17(13-6-2-1-3-7-13)14-8-4-9-15(12-14)19-18(21)16-10-5-11-22-16/h1-4,6-9,12,16H,5,10-11H2,(H,19,21). The molecule has 4 heteroatoms. The van der Waals surface area contributed by atoms with Crippen molar-refractivity contribution in [2.75, 3.05) is 11.9 Å². The average molecular weight is 295 g/mol. The zero-order valence-electron chi connectivity index (χ0n) is 12.1. The molecule has 1 aliphatic rings. The summed E-state index contributed by atoms with van der Waals surface area (Å²) >= 11 is 0. The Bertz CT molecular complexity index is 676. The average Bonchev–Trinajstić information content (AvgIpc) is 3.10. The van der Waals surface area contributed by atoms with Crippen LogP contribution in [0.2, 0.25) is 0 Å². The van der Waals surface area contributed by atoms with Gasteiger partial charge in [-0.25, -0.2) is 0 Å². The van der Waals surface area contributed by atoms with Gasteiger partial charge in [0.2, 0.25) is 0 Å². The topological polar surface area (TPSA) is 55.4 Å². The van der Waals surface area contributed by atoms with Gasteiger partial charge in [0.1, 0.15) is 6.10 Å². The molecule has 1 aliphatic heterocycles. The molecule has 0 bridgehead atoms. The second kappa shape index (κ2) is 6.54. The molecule has 112 valence electrons. The molecule has 0 aromatic heterocycles. The predicted octanol–water partition coefficient (Wildman–Crippen LogP) is 3.04. The van der Waals surface area contributed by atoms with Crippen molar-refractivity contribution in [3.8, 4) is 0 Å². The van der Waals surface area contributed by atoms with Crippen LogP contribution in [0, 0.1) is 0 Å². The Labute approximate surface area is 129 Å². The zero-order valence-corrected chi connectivity index (χ0v) is 12.1. The van der Waals surface area contributed by atoms with Crippen LogP contribution in [0.5, 0.6) is 0 Å². The minimum absolute atomic E-state index is 0.0613. The van der Waals surface area contributed by atoms with Crippen LogP contribution in [-0.2, 0) is 9.53 Å². The zero-order chi connectivity index (χ0) is 15.4. The molecule has 1 heterocycles. The summed E-state index contributed by atoms with van der Waals surface area (Å²) in [7, 11) is 0. The van der Waals surface area contributed by atoms with Crippen molar-refractivity contribution in [2.45, 2.75) is 18.9 Å². The number of nitrogens with one attached hydrogen (secondary N) is 1. The molecule has 1 N–H and O–H groups in total. The van der Waals surface area contributed by atoms with Crippen LogP contribution in [-0.4, -0.2) is 24.4 Å². The lowest BCUT2D eigenvalue weighted by Gasteiger charge is -2.11. The summed E-state index contributed by atoms with van der Waals surface area (Å²) in [4.78, 5) is 24.4. The lowest BCUT2D eigenvalue weighted by Crippen LogP contribution is -2.26. The lowest BCUT2D eigenvalue weighted by molar-refractivity contribution is -0.124. The van der Waals surface area contributed by atoms with Crippen LogP contribution in [0.1, 0.15) is 28.8 Å². The van der Waals surface area contributed by atoms with Crippen LogP contribution in [0.4, 0.5) is 5.69 Å². The molecule has 2 aromatic rings. The van der Waals surface area contributed by atoms with E-state index in [2.05, 4.69) is 5.32 Å². The third-order valence-corrected chi connectivity index (χ3v) is 3.65. The SMILES string of the molecule is O=C(c1ccccc1)c1cccc(NC(=O)C2CCCO2)c1. The minimum atomic E-state index is -0.381. The molecule has 1 fully saturated rings. The number of hydrogen-bond donors (Lipinski definition) is 1. The lowest BCUT2D eigenvalue weighted by atomic mass is 10.0. The quantitative estimate of drug-likeness (QED) is 0.882. The van der Waals surface area contributed by atoms with E-state index in [1.807, 2.05) is 18.2 Å². The maximum absolute atomic E-state index is 12.4. The normalized spacial score (nSPS) is 17.2. The largest absolute Gasteiger partial charge is 0.368 e. The Hall–Kier alpha value is -2.46. The Balaban J connectivity index is 1.75. The Kier molecular flexibility index (Phi) is 4.30. The molecule has 1 unspecified atom stereocenters. The molecule has 22 heavy (non-hydrogen) atoms. The summed E-state index contributed by atoms with van der Waals surface area (Å²) in [5, 5.41) is 2.81. The van der Waals surface area contributed by atoms with E-state index in [9.17, 15) is 9.59 Å². The first-order valence-electron chi connectivity index (χ1n) is 7.36. The fraction of sp³-hybridized carbons (Fsp3) is 0.222. The highest BCUT2D eigenvalue weighted by Gasteiger charge is 2.23. The van der Waals surface area contributed by atoms with Gasteiger partial charge in [0.05, 0.1) is 0 Å². The highest BCUT2D eigenvalue weighted by Crippen LogP contribution is 2.18. The smallest absolute Gasteiger partial charge is 0.253 e. The van der Waals surface area contributed by atoms with Crippen LogP contribution < -0.4 is 5.32 Å². The molecule has 0 spiro atoms. The van der Waals surface area contributed by atoms with Gasteiger partial charge < -0.3 is 10.1 Å². The first-order valence-corrected chi connectivity index (χ1v) is 7.36. The third-order valence-electron chi connectivity index (χ3n) is 3.65. The number of ketones is 1. The van der Waals surface area contributed by atoms with Crippen molar-refractivity contribution in [3.05, 3.63) is 65.7 Å². The Morgan fingerprint density at radius 3 is 2.50 bits per heavy atom. The molecule has 4 nitrogen and oxygen atoms in total. The number of rotatable bonds is 4. The number of carbonyl (C=O) groups is 2. The van der Waals surface area contributed by atoms with Crippen molar-refractivity contribution < 1.29 is 14.3 Å². The van der Waals surface area contributed by atoms with E-state index in [0.29, 0.717) is 23.4 Å². The predicted molar refractivity (Wildman–Crippen MR) is 83.9 cm³/mol. The van der Waals surface area contributed by atoms with Crippen LogP contribution in [0.15, 0.2) is 54.6 Å². The van der Waals surface area contributed by atoms with Crippen molar-refractivity contribution in [1.82, 2.24) is 0 Å². The summed E-state index contributed by atoms with van der Waals surface area (Å²) in [6.45, 7) is 0.630. The second-order valence-electron chi connectivity index (χ2n) is 5.27. The molecule has 3 rings (SSSR count). The van der Waals surface area contributed by atoms with Crippen LogP contribution in [0.3, 0.4) is 0 Å². The monoisotopic (exact) mass is 295 g/mol. The van der Waals surface area contributed by atoms with E-state index >= 15 is 0 Å². The summed E-state index contributed by atoms with van der Waals surface area (Å²) in [5.41, 5.74) is 1.80. The van der Waals surface area contributed by atoms with E-state index in [0.717, 1.165) is 12.8 Å². The maximum atomic E-state index is 12.4. The summed E-state index contributed by atoms with van der Waals surface area (Å²) < 4.78 is 5.35. The van der Waals surface area contributed by atoms with Gasteiger partial charge in [0.25, 0.3) is 5.91 Å². The van der Waals surface area contributed by atoms with Gasteiger partial charge in [-0.3, -0.25) is 9.59 Å². The Morgan fingerprint density at radius 2 is 1.77 bits per heavy atom. The molecule has 1 saturated heterocycles. The number of amides is 1. The molecule has 1 amide bonds. The molecule has 1 atom stereocenters. The molecular weight excluding hydrogens is 278 g/mol. The highest BCUT2D eigenvalue weighted by atomic mass is 16.5. The van der Waals surface area contributed by atoms with Gasteiger partial charge in [-0.05, 0) is 25.0 Å². The number of anilines is 1. The van der Waals surface area contributed by atoms with Gasteiger partial charge in [0, 0.05) is 23.4 Å². The number of carbonyl (C=O) groups excluding carboxylic acids is 2.